The van der Waals surface area contributed by atoms with Gasteiger partial charge in [-0.3, -0.25) is 4.79 Å². The van der Waals surface area contributed by atoms with Gasteiger partial charge in [0.2, 0.25) is 5.91 Å². The fourth-order valence-corrected chi connectivity index (χ4v) is 4.28. The summed E-state index contributed by atoms with van der Waals surface area (Å²) in [4.78, 5) is 37.0. The summed E-state index contributed by atoms with van der Waals surface area (Å²) in [5.41, 5.74) is 4.52. The second-order valence-corrected chi connectivity index (χ2v) is 9.69. The van der Waals surface area contributed by atoms with Gasteiger partial charge in [-0.1, -0.05) is 62.4 Å². The van der Waals surface area contributed by atoms with Crippen LogP contribution < -0.4 is 5.32 Å². The van der Waals surface area contributed by atoms with Gasteiger partial charge in [-0.15, -0.1) is 0 Å². The number of fused-ring (bicyclic) bond motifs is 3. The van der Waals surface area contributed by atoms with E-state index in [0.29, 0.717) is 19.4 Å². The summed E-state index contributed by atoms with van der Waals surface area (Å²) in [6.45, 7) is 6.25. The van der Waals surface area contributed by atoms with Crippen LogP contribution in [0.5, 0.6) is 0 Å². The van der Waals surface area contributed by atoms with Gasteiger partial charge in [0.15, 0.2) is 0 Å². The summed E-state index contributed by atoms with van der Waals surface area (Å²) < 4.78 is 5.57. The van der Waals surface area contributed by atoms with E-state index in [1.54, 1.807) is 0 Å². The minimum Gasteiger partial charge on any atom is -0.480 e. The first-order valence-electron chi connectivity index (χ1n) is 11.7. The predicted molar refractivity (Wildman–Crippen MR) is 131 cm³/mol. The third-order valence-electron chi connectivity index (χ3n) is 6.76. The number of nitrogens with zero attached hydrogens (tertiary/aromatic N) is 1. The standard InChI is InChI=1S/C27H34N2O5/c1-18(25(31)32)29(4)24(30)13-14-27(2,3)15-16-28-26(33)34-17-23-21-11-7-5-9-19(21)20-10-6-8-12-22(20)23/h5-12,18,23H,13-17H2,1-4H3,(H,28,33)(H,31,32). The van der Waals surface area contributed by atoms with E-state index in [0.717, 1.165) is 0 Å². The lowest BCUT2D eigenvalue weighted by Gasteiger charge is -2.27. The monoisotopic (exact) mass is 466 g/mol. The van der Waals surface area contributed by atoms with Gasteiger partial charge in [-0.25, -0.2) is 9.59 Å². The SMILES string of the molecule is CC(C(=O)O)N(C)C(=O)CCC(C)(C)CCNC(=O)OCC1c2ccccc2-c2ccccc21. The number of amides is 2. The average molecular weight is 467 g/mol. The molecule has 3 rings (SSSR count). The van der Waals surface area contributed by atoms with Crippen molar-refractivity contribution in [3.63, 3.8) is 0 Å². The van der Waals surface area contributed by atoms with Gasteiger partial charge in [0.1, 0.15) is 12.6 Å². The van der Waals surface area contributed by atoms with Crippen molar-refractivity contribution in [1.29, 1.82) is 0 Å². The lowest BCUT2D eigenvalue weighted by molar-refractivity contribution is -0.148. The number of likely N-dealkylation sites (N-methyl/N-ethyl adjacent to an activating group) is 1. The molecule has 1 unspecified atom stereocenters. The van der Waals surface area contributed by atoms with E-state index >= 15 is 0 Å². The largest absolute Gasteiger partial charge is 0.480 e. The van der Waals surface area contributed by atoms with E-state index in [4.69, 9.17) is 9.84 Å². The van der Waals surface area contributed by atoms with Crippen molar-refractivity contribution in [2.75, 3.05) is 20.2 Å². The van der Waals surface area contributed by atoms with Crippen LogP contribution in [0.2, 0.25) is 0 Å². The zero-order valence-corrected chi connectivity index (χ0v) is 20.3. The molecule has 0 spiro atoms. The molecule has 0 fully saturated rings. The third kappa shape index (κ3) is 5.95. The molecule has 0 aliphatic heterocycles. The minimum absolute atomic E-state index is 0.0192. The molecule has 0 bridgehead atoms. The molecule has 0 aromatic heterocycles. The molecule has 1 aliphatic rings. The highest BCUT2D eigenvalue weighted by molar-refractivity contribution is 5.83. The molecule has 0 radical (unpaired) electrons. The number of carboxylic acid groups (broad SMARTS) is 1. The van der Waals surface area contributed by atoms with Crippen LogP contribution in [-0.4, -0.2) is 54.2 Å². The molecule has 1 aliphatic carbocycles. The van der Waals surface area contributed by atoms with Crippen molar-refractivity contribution >= 4 is 18.0 Å². The van der Waals surface area contributed by atoms with Crippen LogP contribution >= 0.6 is 0 Å². The lowest BCUT2D eigenvalue weighted by atomic mass is 9.84. The van der Waals surface area contributed by atoms with Crippen molar-refractivity contribution in [3.05, 3.63) is 59.7 Å². The first-order valence-corrected chi connectivity index (χ1v) is 11.7. The molecule has 0 saturated heterocycles. The molecular weight excluding hydrogens is 432 g/mol. The number of hydrogen-bond donors (Lipinski definition) is 2. The van der Waals surface area contributed by atoms with Crippen molar-refractivity contribution in [2.24, 2.45) is 5.41 Å². The Morgan fingerprint density at radius 2 is 1.59 bits per heavy atom. The molecular formula is C27H34N2O5. The Morgan fingerprint density at radius 1 is 1.03 bits per heavy atom. The number of ether oxygens (including phenoxy) is 1. The van der Waals surface area contributed by atoms with Crippen molar-refractivity contribution in [2.45, 2.75) is 52.0 Å². The van der Waals surface area contributed by atoms with E-state index in [9.17, 15) is 14.4 Å². The summed E-state index contributed by atoms with van der Waals surface area (Å²) in [6.07, 6.45) is 1.06. The molecule has 1 atom stereocenters. The number of nitrogens with one attached hydrogen (secondary N) is 1. The molecule has 2 aromatic carbocycles. The number of carbonyl (C=O) groups excluding carboxylic acids is 2. The van der Waals surface area contributed by atoms with Gasteiger partial charge < -0.3 is 20.1 Å². The first kappa shape index (κ1) is 25.3. The van der Waals surface area contributed by atoms with E-state index in [1.807, 2.05) is 38.1 Å². The Balaban J connectivity index is 1.44. The smallest absolute Gasteiger partial charge is 0.407 e. The van der Waals surface area contributed by atoms with Crippen molar-refractivity contribution in [3.8, 4) is 11.1 Å². The van der Waals surface area contributed by atoms with Crippen LogP contribution in [0.15, 0.2) is 48.5 Å². The number of carboxylic acids is 1. The summed E-state index contributed by atoms with van der Waals surface area (Å²) in [7, 11) is 1.51. The average Bonchev–Trinajstić information content (AvgIpc) is 3.14. The molecule has 182 valence electrons. The summed E-state index contributed by atoms with van der Waals surface area (Å²) in [6, 6.07) is 15.6. The summed E-state index contributed by atoms with van der Waals surface area (Å²) >= 11 is 0. The fraction of sp³-hybridized carbons (Fsp3) is 0.444. The number of hydrogen-bond acceptors (Lipinski definition) is 4. The Labute approximate surface area is 201 Å². The molecule has 34 heavy (non-hydrogen) atoms. The van der Waals surface area contributed by atoms with Crippen LogP contribution in [0, 0.1) is 5.41 Å². The van der Waals surface area contributed by atoms with Gasteiger partial charge in [0.25, 0.3) is 0 Å². The minimum atomic E-state index is -1.03. The molecule has 0 saturated carbocycles. The maximum absolute atomic E-state index is 12.4. The Kier molecular flexibility index (Phi) is 7.97. The maximum atomic E-state index is 12.4. The fourth-order valence-electron chi connectivity index (χ4n) is 4.28. The van der Waals surface area contributed by atoms with Crippen molar-refractivity contribution in [1.82, 2.24) is 10.2 Å². The van der Waals surface area contributed by atoms with Gasteiger partial charge in [0.05, 0.1) is 0 Å². The summed E-state index contributed by atoms with van der Waals surface area (Å²) in [5, 5.41) is 11.9. The summed E-state index contributed by atoms with van der Waals surface area (Å²) in [5.74, 6) is -1.21. The van der Waals surface area contributed by atoms with Gasteiger partial charge >= 0.3 is 12.1 Å². The van der Waals surface area contributed by atoms with Crippen LogP contribution in [0.4, 0.5) is 4.79 Å². The molecule has 2 amide bonds. The highest BCUT2D eigenvalue weighted by Gasteiger charge is 2.29. The van der Waals surface area contributed by atoms with E-state index in [1.165, 1.54) is 41.1 Å². The van der Waals surface area contributed by atoms with Crippen LogP contribution in [-0.2, 0) is 14.3 Å². The Bertz CT molecular complexity index is 1000. The van der Waals surface area contributed by atoms with Crippen LogP contribution in [0.25, 0.3) is 11.1 Å². The lowest BCUT2D eigenvalue weighted by Crippen LogP contribution is -2.40. The van der Waals surface area contributed by atoms with Crippen LogP contribution in [0.3, 0.4) is 0 Å². The van der Waals surface area contributed by atoms with Crippen LogP contribution in [0.1, 0.15) is 57.1 Å². The maximum Gasteiger partial charge on any atom is 0.407 e. The predicted octanol–water partition coefficient (Wildman–Crippen LogP) is 4.65. The highest BCUT2D eigenvalue weighted by atomic mass is 16.5. The second-order valence-electron chi connectivity index (χ2n) is 9.69. The van der Waals surface area contributed by atoms with Crippen molar-refractivity contribution < 1.29 is 24.2 Å². The second kappa shape index (κ2) is 10.7. The Hall–Kier alpha value is -3.35. The highest BCUT2D eigenvalue weighted by Crippen LogP contribution is 2.44. The van der Waals surface area contributed by atoms with E-state index in [-0.39, 0.29) is 30.3 Å². The number of carbonyl (C=O) groups is 3. The number of aliphatic carboxylic acids is 1. The number of rotatable bonds is 10. The van der Waals surface area contributed by atoms with E-state index in [2.05, 4.69) is 29.6 Å². The van der Waals surface area contributed by atoms with Gasteiger partial charge in [0, 0.05) is 25.9 Å². The number of benzene rings is 2. The zero-order chi connectivity index (χ0) is 24.9. The third-order valence-corrected chi connectivity index (χ3v) is 6.76. The zero-order valence-electron chi connectivity index (χ0n) is 20.3. The molecule has 0 heterocycles. The first-order chi connectivity index (χ1) is 16.1. The van der Waals surface area contributed by atoms with Gasteiger partial charge in [-0.05, 0) is 47.4 Å². The Morgan fingerprint density at radius 3 is 2.15 bits per heavy atom. The topological polar surface area (TPSA) is 95.9 Å². The van der Waals surface area contributed by atoms with E-state index < -0.39 is 18.1 Å². The van der Waals surface area contributed by atoms with Gasteiger partial charge in [-0.2, -0.15) is 0 Å². The quantitative estimate of drug-likeness (QED) is 0.531. The number of alkyl carbamates (subject to hydrolysis) is 1. The normalized spacial score (nSPS) is 13.5. The molecule has 2 N–H and O–H groups in total. The molecule has 2 aromatic rings. The molecule has 7 nitrogen and oxygen atoms in total. The molecule has 7 heteroatoms.